The van der Waals surface area contributed by atoms with Gasteiger partial charge in [-0.05, 0) is 51.3 Å². The molecule has 1 aromatic carbocycles. The van der Waals surface area contributed by atoms with E-state index in [1.807, 2.05) is 24.3 Å². The summed E-state index contributed by atoms with van der Waals surface area (Å²) in [7, 11) is 0. The van der Waals surface area contributed by atoms with E-state index in [2.05, 4.69) is 46.7 Å². The molecule has 3 N–H and O–H groups in total. The number of nitrogens with one attached hydrogen (secondary N) is 3. The van der Waals surface area contributed by atoms with Gasteiger partial charge in [0.05, 0.1) is 17.2 Å². The van der Waals surface area contributed by atoms with Gasteiger partial charge in [-0.15, -0.1) is 11.3 Å². The standard InChI is InChI=1S/C22H31N5OS/c1-4-23-22(24-12-11-20-26-15(2)16(3)29-20)25-14-17-7-5-10-19(13-17)27-21(28)18-8-6-9-18/h5,7,10,13,18H,4,6,8-9,11-12,14H2,1-3H3,(H,27,28)(H2,23,24,25). The molecular weight excluding hydrogens is 382 g/mol. The number of rotatable bonds is 8. The lowest BCUT2D eigenvalue weighted by Crippen LogP contribution is -2.38. The minimum Gasteiger partial charge on any atom is -0.357 e. The van der Waals surface area contributed by atoms with E-state index in [4.69, 9.17) is 0 Å². The van der Waals surface area contributed by atoms with E-state index in [-0.39, 0.29) is 11.8 Å². The SMILES string of the molecule is CCNC(=NCc1cccc(NC(=O)C2CCC2)c1)NCCc1nc(C)c(C)s1. The van der Waals surface area contributed by atoms with Crippen LogP contribution >= 0.6 is 11.3 Å². The average Bonchev–Trinajstić information content (AvgIpc) is 2.96. The zero-order chi connectivity index (χ0) is 20.6. The number of benzene rings is 1. The third-order valence-corrected chi connectivity index (χ3v) is 6.27. The lowest BCUT2D eigenvalue weighted by atomic mass is 9.85. The number of nitrogens with zero attached hydrogens (tertiary/aromatic N) is 2. The van der Waals surface area contributed by atoms with Gasteiger partial charge in [0.1, 0.15) is 0 Å². The van der Waals surface area contributed by atoms with Gasteiger partial charge in [-0.3, -0.25) is 4.79 Å². The molecule has 0 atom stereocenters. The van der Waals surface area contributed by atoms with E-state index < -0.39 is 0 Å². The van der Waals surface area contributed by atoms with Crippen molar-refractivity contribution in [3.63, 3.8) is 0 Å². The summed E-state index contributed by atoms with van der Waals surface area (Å²) >= 11 is 1.76. The largest absolute Gasteiger partial charge is 0.357 e. The number of aryl methyl sites for hydroxylation is 2. The fourth-order valence-electron chi connectivity index (χ4n) is 3.11. The zero-order valence-electron chi connectivity index (χ0n) is 17.5. The van der Waals surface area contributed by atoms with E-state index in [1.165, 1.54) is 4.88 Å². The number of hydrogen-bond donors (Lipinski definition) is 3. The minimum absolute atomic E-state index is 0.138. The van der Waals surface area contributed by atoms with Gasteiger partial charge in [-0.2, -0.15) is 0 Å². The van der Waals surface area contributed by atoms with Gasteiger partial charge in [-0.25, -0.2) is 9.98 Å². The first-order valence-corrected chi connectivity index (χ1v) is 11.2. The van der Waals surface area contributed by atoms with Gasteiger partial charge in [0.25, 0.3) is 0 Å². The smallest absolute Gasteiger partial charge is 0.227 e. The van der Waals surface area contributed by atoms with Gasteiger partial charge in [0.15, 0.2) is 5.96 Å². The summed E-state index contributed by atoms with van der Waals surface area (Å²) in [6, 6.07) is 7.94. The molecule has 1 amide bonds. The van der Waals surface area contributed by atoms with Crippen LogP contribution in [0, 0.1) is 19.8 Å². The maximum atomic E-state index is 12.2. The maximum absolute atomic E-state index is 12.2. The van der Waals surface area contributed by atoms with Crippen molar-refractivity contribution in [1.82, 2.24) is 15.6 Å². The molecule has 1 fully saturated rings. The summed E-state index contributed by atoms with van der Waals surface area (Å²) < 4.78 is 0. The highest BCUT2D eigenvalue weighted by Gasteiger charge is 2.25. The van der Waals surface area contributed by atoms with Crippen molar-refractivity contribution in [2.45, 2.75) is 53.0 Å². The van der Waals surface area contributed by atoms with Gasteiger partial charge in [-0.1, -0.05) is 18.6 Å². The number of thiazole rings is 1. The van der Waals surface area contributed by atoms with Crippen molar-refractivity contribution in [1.29, 1.82) is 0 Å². The van der Waals surface area contributed by atoms with E-state index in [1.54, 1.807) is 11.3 Å². The molecule has 1 aromatic heterocycles. The number of guanidine groups is 1. The molecule has 0 bridgehead atoms. The van der Waals surface area contributed by atoms with Crippen LogP contribution in [0.25, 0.3) is 0 Å². The molecule has 1 aliphatic carbocycles. The van der Waals surface area contributed by atoms with E-state index in [0.29, 0.717) is 6.54 Å². The van der Waals surface area contributed by atoms with E-state index in [9.17, 15) is 4.79 Å². The van der Waals surface area contributed by atoms with Crippen LogP contribution in [-0.4, -0.2) is 29.9 Å². The Labute approximate surface area is 177 Å². The van der Waals surface area contributed by atoms with Crippen LogP contribution in [0.4, 0.5) is 5.69 Å². The zero-order valence-corrected chi connectivity index (χ0v) is 18.4. The summed E-state index contributed by atoms with van der Waals surface area (Å²) in [4.78, 5) is 22.7. The number of amides is 1. The highest BCUT2D eigenvalue weighted by molar-refractivity contribution is 7.11. The lowest BCUT2D eigenvalue weighted by Gasteiger charge is -2.24. The Morgan fingerprint density at radius 2 is 2.10 bits per heavy atom. The Balaban J connectivity index is 1.53. The monoisotopic (exact) mass is 413 g/mol. The van der Waals surface area contributed by atoms with Crippen LogP contribution in [-0.2, 0) is 17.8 Å². The number of carbonyl (C=O) groups is 1. The van der Waals surface area contributed by atoms with Crippen molar-refractivity contribution in [2.24, 2.45) is 10.9 Å². The summed E-state index contributed by atoms with van der Waals surface area (Å²) in [6.07, 6.45) is 4.06. The van der Waals surface area contributed by atoms with Crippen LogP contribution < -0.4 is 16.0 Å². The van der Waals surface area contributed by atoms with Crippen LogP contribution in [0.15, 0.2) is 29.3 Å². The maximum Gasteiger partial charge on any atom is 0.227 e. The fraction of sp³-hybridized carbons (Fsp3) is 0.500. The molecule has 1 heterocycles. The Bertz CT molecular complexity index is 837. The molecule has 3 rings (SSSR count). The number of aromatic nitrogens is 1. The molecule has 0 spiro atoms. The average molecular weight is 414 g/mol. The second-order valence-electron chi connectivity index (χ2n) is 7.44. The van der Waals surface area contributed by atoms with Gasteiger partial charge < -0.3 is 16.0 Å². The van der Waals surface area contributed by atoms with Crippen molar-refractivity contribution in [3.05, 3.63) is 45.4 Å². The predicted octanol–water partition coefficient (Wildman–Crippen LogP) is 3.80. The normalized spacial score (nSPS) is 14.4. The Hall–Kier alpha value is -2.41. The van der Waals surface area contributed by atoms with Gasteiger partial charge in [0.2, 0.25) is 5.91 Å². The van der Waals surface area contributed by atoms with Crippen LogP contribution in [0.2, 0.25) is 0 Å². The van der Waals surface area contributed by atoms with Gasteiger partial charge >= 0.3 is 0 Å². The topological polar surface area (TPSA) is 78.4 Å². The Morgan fingerprint density at radius 3 is 2.76 bits per heavy atom. The molecule has 1 aliphatic rings. The summed E-state index contributed by atoms with van der Waals surface area (Å²) in [5, 5.41) is 10.8. The van der Waals surface area contributed by atoms with Crippen molar-refractivity contribution < 1.29 is 4.79 Å². The summed E-state index contributed by atoms with van der Waals surface area (Å²) in [5.41, 5.74) is 3.04. The second kappa shape index (κ2) is 10.4. The van der Waals surface area contributed by atoms with Crippen LogP contribution in [0.3, 0.4) is 0 Å². The summed E-state index contributed by atoms with van der Waals surface area (Å²) in [6.45, 7) is 8.36. The fourth-order valence-corrected chi connectivity index (χ4v) is 4.04. The molecule has 29 heavy (non-hydrogen) atoms. The first-order valence-electron chi connectivity index (χ1n) is 10.4. The predicted molar refractivity (Wildman–Crippen MR) is 121 cm³/mol. The molecule has 156 valence electrons. The Morgan fingerprint density at radius 1 is 1.28 bits per heavy atom. The minimum atomic E-state index is 0.138. The van der Waals surface area contributed by atoms with Crippen molar-refractivity contribution in [3.8, 4) is 0 Å². The van der Waals surface area contributed by atoms with Crippen molar-refractivity contribution in [2.75, 3.05) is 18.4 Å². The van der Waals surface area contributed by atoms with E-state index >= 15 is 0 Å². The Kier molecular flexibility index (Phi) is 7.63. The van der Waals surface area contributed by atoms with Crippen molar-refractivity contribution >= 4 is 28.9 Å². The third kappa shape index (κ3) is 6.29. The quantitative estimate of drug-likeness (QED) is 0.454. The number of hydrogen-bond acceptors (Lipinski definition) is 4. The molecule has 2 aromatic rings. The number of aliphatic imine (C=N–C) groups is 1. The molecular formula is C22H31N5OS. The highest BCUT2D eigenvalue weighted by atomic mass is 32.1. The molecule has 6 nitrogen and oxygen atoms in total. The van der Waals surface area contributed by atoms with Gasteiger partial charge in [0, 0.05) is 36.0 Å². The number of carbonyl (C=O) groups excluding carboxylic acids is 1. The molecule has 1 saturated carbocycles. The second-order valence-corrected chi connectivity index (χ2v) is 8.73. The highest BCUT2D eigenvalue weighted by Crippen LogP contribution is 2.27. The molecule has 0 saturated heterocycles. The third-order valence-electron chi connectivity index (χ3n) is 5.14. The molecule has 0 aliphatic heterocycles. The van der Waals surface area contributed by atoms with Crippen LogP contribution in [0.5, 0.6) is 0 Å². The van der Waals surface area contributed by atoms with Crippen LogP contribution in [0.1, 0.15) is 47.3 Å². The molecule has 7 heteroatoms. The molecule has 0 unspecified atom stereocenters. The molecule has 0 radical (unpaired) electrons. The lowest BCUT2D eigenvalue weighted by molar-refractivity contribution is -0.122. The summed E-state index contributed by atoms with van der Waals surface area (Å²) in [5.74, 6) is 1.12. The first kappa shape index (κ1) is 21.3. The number of anilines is 1. The first-order chi connectivity index (χ1) is 14.0. The van der Waals surface area contributed by atoms with E-state index in [0.717, 1.165) is 66.7 Å².